The van der Waals surface area contributed by atoms with Crippen molar-refractivity contribution in [3.05, 3.63) is 0 Å². The van der Waals surface area contributed by atoms with Crippen molar-refractivity contribution in [1.82, 2.24) is 0 Å². The number of hydrogen-bond acceptors (Lipinski definition) is 0. The lowest BCUT2D eigenvalue weighted by atomic mass is 10.3. The molecule has 7 heavy (non-hydrogen) atoms. The molecule has 0 spiro atoms. The summed E-state index contributed by atoms with van der Waals surface area (Å²) in [6, 6.07) is 0. The summed E-state index contributed by atoms with van der Waals surface area (Å²) < 4.78 is 23.2. The molecule has 0 fully saturated rings. The lowest BCUT2D eigenvalue weighted by molar-refractivity contribution is 0.637. The Balaban J connectivity index is 3.54. The Kier molecular flexibility index (Phi) is 2.12. The van der Waals surface area contributed by atoms with E-state index in [1.54, 1.807) is 20.8 Å². The van der Waals surface area contributed by atoms with Crippen LogP contribution in [0.5, 0.6) is 0 Å². The van der Waals surface area contributed by atoms with Crippen LogP contribution in [0.3, 0.4) is 0 Å². The zero-order valence-corrected chi connectivity index (χ0v) is 5.60. The highest BCUT2D eigenvalue weighted by atomic mass is 31.2. The molecule has 0 radical (unpaired) electrons. The van der Waals surface area contributed by atoms with E-state index in [4.69, 9.17) is 0 Å². The molecule has 0 rings (SSSR count). The Morgan fingerprint density at radius 2 is 1.29 bits per heavy atom. The minimum Gasteiger partial charge on any atom is -0.188 e. The molecule has 0 N–H and O–H groups in total. The van der Waals surface area contributed by atoms with Gasteiger partial charge in [0, 0.05) is 5.16 Å². The molecule has 0 bridgehead atoms. The molecule has 0 amide bonds. The maximum absolute atomic E-state index is 11.6. The SMILES string of the molecule is CC(C)(C)P(F)F. The van der Waals surface area contributed by atoms with Crippen molar-refractivity contribution in [1.29, 1.82) is 0 Å². The highest BCUT2D eigenvalue weighted by Gasteiger charge is 2.24. The predicted octanol–water partition coefficient (Wildman–Crippen LogP) is 3.04. The fourth-order valence-corrected chi connectivity index (χ4v) is 0. The van der Waals surface area contributed by atoms with Crippen molar-refractivity contribution in [3.63, 3.8) is 0 Å². The average Bonchev–Trinajstić information content (AvgIpc) is 1.31. The first-order chi connectivity index (χ1) is 2.94. The molecule has 0 heterocycles. The lowest BCUT2D eigenvalue weighted by Gasteiger charge is -2.13. The van der Waals surface area contributed by atoms with E-state index >= 15 is 0 Å². The Hall–Kier alpha value is 0.290. The quantitative estimate of drug-likeness (QED) is 0.437. The summed E-state index contributed by atoms with van der Waals surface area (Å²) in [7, 11) is -2.74. The van der Waals surface area contributed by atoms with Gasteiger partial charge in [-0.2, -0.15) is 8.39 Å². The van der Waals surface area contributed by atoms with Crippen LogP contribution in [0.25, 0.3) is 0 Å². The van der Waals surface area contributed by atoms with Gasteiger partial charge in [0.05, 0.1) is 0 Å². The van der Waals surface area contributed by atoms with Gasteiger partial charge in [-0.1, -0.05) is 20.8 Å². The van der Waals surface area contributed by atoms with Gasteiger partial charge in [0.15, 0.2) is 0 Å². The molecule has 0 unspecified atom stereocenters. The van der Waals surface area contributed by atoms with Gasteiger partial charge in [0.25, 0.3) is 8.54 Å². The van der Waals surface area contributed by atoms with Gasteiger partial charge in [0.1, 0.15) is 0 Å². The van der Waals surface area contributed by atoms with E-state index in [2.05, 4.69) is 0 Å². The topological polar surface area (TPSA) is 0 Å². The van der Waals surface area contributed by atoms with Gasteiger partial charge in [-0.15, -0.1) is 0 Å². The summed E-state index contributed by atoms with van der Waals surface area (Å²) in [5.41, 5.74) is 0. The Bertz CT molecular complexity index is 55.2. The maximum atomic E-state index is 11.6. The largest absolute Gasteiger partial charge is 0.271 e. The van der Waals surface area contributed by atoms with Crippen LogP contribution < -0.4 is 0 Å². The molecular weight excluding hydrogens is 117 g/mol. The zero-order valence-electron chi connectivity index (χ0n) is 4.70. The van der Waals surface area contributed by atoms with Crippen LogP contribution in [0.4, 0.5) is 8.39 Å². The summed E-state index contributed by atoms with van der Waals surface area (Å²) in [5, 5.41) is -0.769. The first kappa shape index (κ1) is 7.29. The second kappa shape index (κ2) is 2.04. The molecule has 0 aromatic heterocycles. The van der Waals surface area contributed by atoms with E-state index in [9.17, 15) is 8.39 Å². The smallest absolute Gasteiger partial charge is 0.188 e. The van der Waals surface area contributed by atoms with Gasteiger partial charge < -0.3 is 0 Å². The molecule has 0 aromatic rings. The predicted molar refractivity (Wildman–Crippen MR) is 28.9 cm³/mol. The van der Waals surface area contributed by atoms with Crippen LogP contribution in [0.2, 0.25) is 0 Å². The van der Waals surface area contributed by atoms with Gasteiger partial charge in [0.2, 0.25) is 0 Å². The average molecular weight is 126 g/mol. The number of rotatable bonds is 0. The number of hydrogen-bond donors (Lipinski definition) is 0. The molecule has 0 atom stereocenters. The Labute approximate surface area is 43.9 Å². The number of halogens is 2. The molecule has 0 aliphatic heterocycles. The van der Waals surface area contributed by atoms with Gasteiger partial charge >= 0.3 is 0 Å². The molecule has 0 aliphatic rings. The molecule has 0 aliphatic carbocycles. The van der Waals surface area contributed by atoms with Crippen LogP contribution in [0.1, 0.15) is 20.8 Å². The molecule has 0 aromatic carbocycles. The van der Waals surface area contributed by atoms with Crippen LogP contribution in [-0.4, -0.2) is 5.16 Å². The van der Waals surface area contributed by atoms with E-state index in [0.717, 1.165) is 0 Å². The first-order valence-electron chi connectivity index (χ1n) is 2.06. The summed E-state index contributed by atoms with van der Waals surface area (Å²) in [4.78, 5) is 0. The summed E-state index contributed by atoms with van der Waals surface area (Å²) in [6.07, 6.45) is 0. The molecule has 44 valence electrons. The molecular formula is C4H9F2P. The van der Waals surface area contributed by atoms with E-state index in [0.29, 0.717) is 0 Å². The minimum atomic E-state index is -2.74. The van der Waals surface area contributed by atoms with Crippen molar-refractivity contribution < 1.29 is 8.39 Å². The maximum Gasteiger partial charge on any atom is 0.271 e. The van der Waals surface area contributed by atoms with Crippen molar-refractivity contribution >= 4 is 8.54 Å². The van der Waals surface area contributed by atoms with Crippen LogP contribution in [-0.2, 0) is 0 Å². The van der Waals surface area contributed by atoms with Crippen LogP contribution in [0, 0.1) is 0 Å². The molecule has 0 nitrogen and oxygen atoms in total. The summed E-state index contributed by atoms with van der Waals surface area (Å²) in [6.45, 7) is 4.62. The summed E-state index contributed by atoms with van der Waals surface area (Å²) >= 11 is 0. The van der Waals surface area contributed by atoms with Crippen molar-refractivity contribution in [2.75, 3.05) is 0 Å². The Morgan fingerprint density at radius 1 is 1.14 bits per heavy atom. The van der Waals surface area contributed by atoms with Crippen LogP contribution in [0.15, 0.2) is 0 Å². The first-order valence-corrected chi connectivity index (χ1v) is 3.19. The third-order valence-corrected chi connectivity index (χ3v) is 1.52. The second-order valence-corrected chi connectivity index (χ2v) is 4.21. The molecule has 0 saturated heterocycles. The van der Waals surface area contributed by atoms with Crippen molar-refractivity contribution in [2.24, 2.45) is 0 Å². The third kappa shape index (κ3) is 2.93. The lowest BCUT2D eigenvalue weighted by Crippen LogP contribution is -2.05. The van der Waals surface area contributed by atoms with Crippen LogP contribution >= 0.6 is 8.54 Å². The van der Waals surface area contributed by atoms with Gasteiger partial charge in [-0.25, -0.2) is 0 Å². The highest BCUT2D eigenvalue weighted by Crippen LogP contribution is 2.51. The van der Waals surface area contributed by atoms with Crippen molar-refractivity contribution in [3.8, 4) is 0 Å². The monoisotopic (exact) mass is 126 g/mol. The van der Waals surface area contributed by atoms with E-state index in [-0.39, 0.29) is 0 Å². The molecule has 3 heteroatoms. The minimum absolute atomic E-state index is 0.769. The zero-order chi connectivity index (χ0) is 6.08. The normalized spacial score (nSPS) is 12.9. The fourth-order valence-electron chi connectivity index (χ4n) is 0. The third-order valence-electron chi connectivity index (χ3n) is 0.507. The van der Waals surface area contributed by atoms with Gasteiger partial charge in [-0.05, 0) is 0 Å². The van der Waals surface area contributed by atoms with E-state index in [1.165, 1.54) is 0 Å². The van der Waals surface area contributed by atoms with Crippen molar-refractivity contribution in [2.45, 2.75) is 25.9 Å². The molecule has 0 saturated carbocycles. The van der Waals surface area contributed by atoms with Gasteiger partial charge in [-0.3, -0.25) is 0 Å². The Morgan fingerprint density at radius 3 is 1.29 bits per heavy atom. The second-order valence-electron chi connectivity index (χ2n) is 2.40. The highest BCUT2D eigenvalue weighted by molar-refractivity contribution is 7.48. The summed E-state index contributed by atoms with van der Waals surface area (Å²) in [5.74, 6) is 0. The van der Waals surface area contributed by atoms with E-state index < -0.39 is 13.7 Å². The van der Waals surface area contributed by atoms with E-state index in [1.807, 2.05) is 0 Å². The standard InChI is InChI=1S/C4H9F2P/c1-4(2,3)7(5)6/h1-3H3. The fraction of sp³-hybridized carbons (Fsp3) is 1.00.